The molecular formula is C16H18FNO2. The molecule has 1 fully saturated rings. The molecule has 1 saturated heterocycles. The molecule has 20 heavy (non-hydrogen) atoms. The SMILES string of the molecule is O=C(CCC1CCCCN1)c1cc2cccc(F)c2o1. The number of carbonyl (C=O) groups is 1. The van der Waals surface area contributed by atoms with Crippen molar-refractivity contribution in [2.75, 3.05) is 6.54 Å². The zero-order valence-corrected chi connectivity index (χ0v) is 11.3. The second-order valence-corrected chi connectivity index (χ2v) is 5.38. The van der Waals surface area contributed by atoms with Crippen LogP contribution in [-0.4, -0.2) is 18.4 Å². The molecule has 1 aromatic heterocycles. The number of fused-ring (bicyclic) bond motifs is 1. The molecule has 1 N–H and O–H groups in total. The van der Waals surface area contributed by atoms with Crippen LogP contribution in [0.25, 0.3) is 11.0 Å². The van der Waals surface area contributed by atoms with Gasteiger partial charge in [-0.1, -0.05) is 18.6 Å². The second-order valence-electron chi connectivity index (χ2n) is 5.38. The van der Waals surface area contributed by atoms with E-state index in [1.54, 1.807) is 18.2 Å². The van der Waals surface area contributed by atoms with Gasteiger partial charge in [0.1, 0.15) is 0 Å². The Morgan fingerprint density at radius 1 is 1.40 bits per heavy atom. The number of Topliss-reactive ketones (excluding diaryl/α,β-unsaturated/α-hetero) is 1. The highest BCUT2D eigenvalue weighted by Gasteiger charge is 2.18. The Bertz CT molecular complexity index is 614. The highest BCUT2D eigenvalue weighted by atomic mass is 19.1. The molecule has 2 aromatic rings. The van der Waals surface area contributed by atoms with E-state index in [4.69, 9.17) is 4.42 Å². The number of carbonyl (C=O) groups excluding carboxylic acids is 1. The maximum absolute atomic E-state index is 13.5. The summed E-state index contributed by atoms with van der Waals surface area (Å²) < 4.78 is 18.9. The van der Waals surface area contributed by atoms with E-state index >= 15 is 0 Å². The fraction of sp³-hybridized carbons (Fsp3) is 0.438. The Balaban J connectivity index is 1.67. The molecule has 1 aliphatic heterocycles. The zero-order chi connectivity index (χ0) is 13.9. The van der Waals surface area contributed by atoms with Gasteiger partial charge in [0.05, 0.1) is 0 Å². The van der Waals surface area contributed by atoms with Crippen LogP contribution in [-0.2, 0) is 0 Å². The quantitative estimate of drug-likeness (QED) is 0.865. The van der Waals surface area contributed by atoms with Crippen LogP contribution in [0.2, 0.25) is 0 Å². The van der Waals surface area contributed by atoms with E-state index in [2.05, 4.69) is 5.32 Å². The van der Waals surface area contributed by atoms with Gasteiger partial charge in [0.2, 0.25) is 0 Å². The molecule has 3 nitrogen and oxygen atoms in total. The molecule has 106 valence electrons. The fourth-order valence-corrected chi connectivity index (χ4v) is 2.76. The summed E-state index contributed by atoms with van der Waals surface area (Å²) in [6.45, 7) is 1.04. The van der Waals surface area contributed by atoms with Crippen molar-refractivity contribution in [3.63, 3.8) is 0 Å². The summed E-state index contributed by atoms with van der Waals surface area (Å²) in [5, 5.41) is 4.06. The highest BCUT2D eigenvalue weighted by Crippen LogP contribution is 2.23. The maximum atomic E-state index is 13.5. The van der Waals surface area contributed by atoms with E-state index in [0.717, 1.165) is 19.4 Å². The number of para-hydroxylation sites is 1. The lowest BCUT2D eigenvalue weighted by molar-refractivity contribution is 0.0949. The largest absolute Gasteiger partial charge is 0.450 e. The van der Waals surface area contributed by atoms with Gasteiger partial charge >= 0.3 is 0 Å². The smallest absolute Gasteiger partial charge is 0.198 e. The standard InChI is InChI=1S/C16H18FNO2/c17-13-6-3-4-11-10-15(20-16(11)13)14(19)8-7-12-5-1-2-9-18-12/h3-4,6,10,12,18H,1-2,5,7-9H2. The minimum absolute atomic E-state index is 0.0482. The predicted octanol–water partition coefficient (Wildman–Crippen LogP) is 3.68. The van der Waals surface area contributed by atoms with E-state index < -0.39 is 5.82 Å². The van der Waals surface area contributed by atoms with Crippen LogP contribution in [0.15, 0.2) is 28.7 Å². The molecule has 1 atom stereocenters. The topological polar surface area (TPSA) is 42.2 Å². The van der Waals surface area contributed by atoms with Crippen molar-refractivity contribution in [1.82, 2.24) is 5.32 Å². The van der Waals surface area contributed by atoms with Crippen molar-refractivity contribution in [1.29, 1.82) is 0 Å². The molecule has 1 aromatic carbocycles. The number of nitrogens with one attached hydrogen (secondary N) is 1. The monoisotopic (exact) mass is 275 g/mol. The van der Waals surface area contributed by atoms with Gasteiger partial charge in [0, 0.05) is 17.8 Å². The molecule has 4 heteroatoms. The molecular weight excluding hydrogens is 257 g/mol. The lowest BCUT2D eigenvalue weighted by Gasteiger charge is -2.22. The Morgan fingerprint density at radius 3 is 3.05 bits per heavy atom. The van der Waals surface area contributed by atoms with Crippen molar-refractivity contribution >= 4 is 16.8 Å². The van der Waals surface area contributed by atoms with Gasteiger partial charge in [-0.2, -0.15) is 0 Å². The molecule has 0 amide bonds. The Morgan fingerprint density at radius 2 is 2.30 bits per heavy atom. The number of hydrogen-bond donors (Lipinski definition) is 1. The lowest BCUT2D eigenvalue weighted by Crippen LogP contribution is -2.34. The summed E-state index contributed by atoms with van der Waals surface area (Å²) in [4.78, 5) is 12.1. The van der Waals surface area contributed by atoms with Gasteiger partial charge in [-0.15, -0.1) is 0 Å². The average Bonchev–Trinajstić information content (AvgIpc) is 2.91. The van der Waals surface area contributed by atoms with Crippen LogP contribution in [0, 0.1) is 5.82 Å². The van der Waals surface area contributed by atoms with Crippen LogP contribution in [0.5, 0.6) is 0 Å². The first-order valence-electron chi connectivity index (χ1n) is 7.19. The lowest BCUT2D eigenvalue weighted by atomic mass is 9.99. The van der Waals surface area contributed by atoms with Gasteiger partial charge in [0.15, 0.2) is 22.9 Å². The number of benzene rings is 1. The average molecular weight is 275 g/mol. The molecule has 0 bridgehead atoms. The summed E-state index contributed by atoms with van der Waals surface area (Å²) in [6.07, 6.45) is 4.83. The van der Waals surface area contributed by atoms with E-state index in [1.807, 2.05) is 0 Å². The summed E-state index contributed by atoms with van der Waals surface area (Å²) in [6, 6.07) is 6.77. The minimum atomic E-state index is -0.421. The molecule has 1 unspecified atom stereocenters. The van der Waals surface area contributed by atoms with Crippen LogP contribution in [0.1, 0.15) is 42.7 Å². The van der Waals surface area contributed by atoms with Crippen LogP contribution in [0.4, 0.5) is 4.39 Å². The molecule has 0 spiro atoms. The number of piperidine rings is 1. The first-order valence-corrected chi connectivity index (χ1v) is 7.19. The fourth-order valence-electron chi connectivity index (χ4n) is 2.76. The van der Waals surface area contributed by atoms with Gasteiger partial charge < -0.3 is 9.73 Å². The van der Waals surface area contributed by atoms with Gasteiger partial charge in [-0.25, -0.2) is 4.39 Å². The van der Waals surface area contributed by atoms with Crippen molar-refractivity contribution in [2.24, 2.45) is 0 Å². The number of furan rings is 1. The summed E-state index contributed by atoms with van der Waals surface area (Å²) in [7, 11) is 0. The number of rotatable bonds is 4. The van der Waals surface area contributed by atoms with E-state index in [1.165, 1.54) is 18.9 Å². The van der Waals surface area contributed by atoms with Crippen molar-refractivity contribution < 1.29 is 13.6 Å². The van der Waals surface area contributed by atoms with Crippen molar-refractivity contribution in [2.45, 2.75) is 38.1 Å². The van der Waals surface area contributed by atoms with Gasteiger partial charge in [-0.05, 0) is 37.9 Å². The van der Waals surface area contributed by atoms with Gasteiger partial charge in [-0.3, -0.25) is 4.79 Å². The summed E-state index contributed by atoms with van der Waals surface area (Å²) in [5.74, 6) is -0.204. The third kappa shape index (κ3) is 2.75. The van der Waals surface area contributed by atoms with Crippen LogP contribution >= 0.6 is 0 Å². The maximum Gasteiger partial charge on any atom is 0.198 e. The molecule has 0 saturated carbocycles. The molecule has 3 rings (SSSR count). The number of ketones is 1. The predicted molar refractivity (Wildman–Crippen MR) is 75.4 cm³/mol. The van der Waals surface area contributed by atoms with Gasteiger partial charge in [0.25, 0.3) is 0 Å². The Hall–Kier alpha value is -1.68. The zero-order valence-electron chi connectivity index (χ0n) is 11.3. The van der Waals surface area contributed by atoms with E-state index in [-0.39, 0.29) is 17.1 Å². The molecule has 0 radical (unpaired) electrons. The Kier molecular flexibility index (Phi) is 3.83. The summed E-state index contributed by atoms with van der Waals surface area (Å²) in [5.41, 5.74) is 0.173. The summed E-state index contributed by atoms with van der Waals surface area (Å²) >= 11 is 0. The van der Waals surface area contributed by atoms with E-state index in [0.29, 0.717) is 17.8 Å². The first kappa shape index (κ1) is 13.3. The normalized spacial score (nSPS) is 19.4. The highest BCUT2D eigenvalue weighted by molar-refractivity contribution is 5.97. The van der Waals surface area contributed by atoms with Crippen molar-refractivity contribution in [3.8, 4) is 0 Å². The third-order valence-electron chi connectivity index (χ3n) is 3.90. The van der Waals surface area contributed by atoms with Crippen LogP contribution < -0.4 is 5.32 Å². The molecule has 2 heterocycles. The van der Waals surface area contributed by atoms with Crippen molar-refractivity contribution in [3.05, 3.63) is 35.8 Å². The second kappa shape index (κ2) is 5.75. The number of hydrogen-bond acceptors (Lipinski definition) is 3. The first-order chi connectivity index (χ1) is 9.74. The van der Waals surface area contributed by atoms with E-state index in [9.17, 15) is 9.18 Å². The Labute approximate surface area is 117 Å². The minimum Gasteiger partial charge on any atom is -0.450 e. The number of halogens is 1. The third-order valence-corrected chi connectivity index (χ3v) is 3.90. The molecule has 1 aliphatic rings. The molecule has 0 aliphatic carbocycles. The van der Waals surface area contributed by atoms with Crippen LogP contribution in [0.3, 0.4) is 0 Å².